The van der Waals surface area contributed by atoms with Crippen LogP contribution >= 0.6 is 15.0 Å². The predicted molar refractivity (Wildman–Crippen MR) is 190 cm³/mol. The molecule has 1 aromatic carbocycles. The van der Waals surface area contributed by atoms with Crippen LogP contribution in [-0.2, 0) is 34.6 Å². The number of benzene rings is 1. The maximum Gasteiger partial charge on any atom is 0.323 e. The van der Waals surface area contributed by atoms with Crippen LogP contribution in [0.3, 0.4) is 0 Å². The molecule has 0 heterocycles. The highest BCUT2D eigenvalue weighted by molar-refractivity contribution is 7.57. The summed E-state index contributed by atoms with van der Waals surface area (Å²) in [5, 5.41) is 5.88. The summed E-state index contributed by atoms with van der Waals surface area (Å²) in [5.74, 6) is -0.682. The Kier molecular flexibility index (Phi) is 16.5. The van der Waals surface area contributed by atoms with Crippen molar-refractivity contribution < 1.29 is 37.2 Å². The van der Waals surface area contributed by atoms with E-state index in [-0.39, 0.29) is 24.2 Å². The largest absolute Gasteiger partial charge is 0.468 e. The Morgan fingerprint density at radius 3 is 1.79 bits per heavy atom. The van der Waals surface area contributed by atoms with E-state index >= 15 is 0 Å². The van der Waals surface area contributed by atoms with Crippen molar-refractivity contribution >= 4 is 27.0 Å². The molecule has 0 spiro atoms. The summed E-state index contributed by atoms with van der Waals surface area (Å²) in [4.78, 5) is 24.8. The average molecular weight is 697 g/mol. The number of rotatable bonds is 20. The number of allylic oxidation sites excluding steroid dienone is 3. The molecule has 4 unspecified atom stereocenters. The molecule has 10 nitrogen and oxygen atoms in total. The van der Waals surface area contributed by atoms with Crippen molar-refractivity contribution in [2.75, 3.05) is 26.5 Å². The second-order valence-electron chi connectivity index (χ2n) is 12.7. The van der Waals surface area contributed by atoms with Gasteiger partial charge in [0.2, 0.25) is 0 Å². The van der Waals surface area contributed by atoms with Gasteiger partial charge < -0.3 is 18.5 Å². The number of ether oxygens (including phenoxy) is 2. The van der Waals surface area contributed by atoms with Gasteiger partial charge in [-0.1, -0.05) is 57.4 Å². The monoisotopic (exact) mass is 696 g/mol. The highest BCUT2D eigenvalue weighted by atomic mass is 31.2. The third-order valence-corrected chi connectivity index (χ3v) is 13.0. The van der Waals surface area contributed by atoms with Crippen LogP contribution in [0.15, 0.2) is 35.9 Å². The van der Waals surface area contributed by atoms with Crippen molar-refractivity contribution in [3.05, 3.63) is 47.1 Å². The van der Waals surface area contributed by atoms with Crippen molar-refractivity contribution in [1.29, 1.82) is 0 Å². The first-order chi connectivity index (χ1) is 22.2. The fourth-order valence-corrected chi connectivity index (χ4v) is 10.0. The van der Waals surface area contributed by atoms with Crippen LogP contribution in [-0.4, -0.2) is 50.6 Å². The molecule has 47 heavy (non-hydrogen) atoms. The zero-order chi connectivity index (χ0) is 35.4. The lowest BCUT2D eigenvalue weighted by molar-refractivity contribution is -0.143. The number of carbonyl (C=O) groups is 2. The van der Waals surface area contributed by atoms with Crippen LogP contribution in [0.4, 0.5) is 0 Å². The normalized spacial score (nSPS) is 20.1. The number of hydrogen-bond acceptors (Lipinski definition) is 8. The third kappa shape index (κ3) is 11.9. The van der Waals surface area contributed by atoms with E-state index in [0.717, 1.165) is 43.2 Å². The first kappa shape index (κ1) is 40.8. The summed E-state index contributed by atoms with van der Waals surface area (Å²) < 4.78 is 52.0. The van der Waals surface area contributed by atoms with Crippen LogP contribution < -0.4 is 19.2 Å². The van der Waals surface area contributed by atoms with Gasteiger partial charge in [0, 0.05) is 23.8 Å². The van der Waals surface area contributed by atoms with E-state index in [9.17, 15) is 18.7 Å². The highest BCUT2D eigenvalue weighted by Gasteiger charge is 2.37. The van der Waals surface area contributed by atoms with Crippen LogP contribution in [0.5, 0.6) is 11.5 Å². The quantitative estimate of drug-likeness (QED) is 0.0591. The zero-order valence-electron chi connectivity index (χ0n) is 30.0. The molecule has 0 fully saturated rings. The second kappa shape index (κ2) is 19.0. The van der Waals surface area contributed by atoms with E-state index in [1.165, 1.54) is 19.8 Å². The topological polar surface area (TPSA) is 129 Å². The van der Waals surface area contributed by atoms with Crippen LogP contribution in [0.2, 0.25) is 0 Å². The third-order valence-electron chi connectivity index (χ3n) is 8.36. The van der Waals surface area contributed by atoms with Gasteiger partial charge in [-0.3, -0.25) is 18.7 Å². The number of methoxy groups -OCH3 is 2. The van der Waals surface area contributed by atoms with Gasteiger partial charge in [0.05, 0.1) is 14.2 Å². The van der Waals surface area contributed by atoms with Gasteiger partial charge in [-0.15, -0.1) is 0 Å². The van der Waals surface area contributed by atoms with Crippen LogP contribution in [0.25, 0.3) is 0 Å². The maximum absolute atomic E-state index is 14.5. The second-order valence-corrected chi connectivity index (χ2v) is 17.2. The minimum Gasteiger partial charge on any atom is -0.468 e. The molecule has 1 aliphatic rings. The van der Waals surface area contributed by atoms with Gasteiger partial charge in [0.15, 0.2) is 0 Å². The van der Waals surface area contributed by atoms with E-state index in [0.29, 0.717) is 36.3 Å². The smallest absolute Gasteiger partial charge is 0.323 e. The van der Waals surface area contributed by atoms with Gasteiger partial charge in [0.1, 0.15) is 23.6 Å². The van der Waals surface area contributed by atoms with Crippen molar-refractivity contribution in [2.45, 2.75) is 118 Å². The minimum absolute atomic E-state index is 0.00867. The first-order valence-corrected chi connectivity index (χ1v) is 20.6. The Morgan fingerprint density at radius 1 is 0.894 bits per heavy atom. The fraction of sp³-hybridized carbons (Fsp3) is 0.657. The lowest BCUT2D eigenvalue weighted by Crippen LogP contribution is -2.35. The van der Waals surface area contributed by atoms with Crippen molar-refractivity contribution in [3.63, 3.8) is 0 Å². The number of hydrogen-bond donors (Lipinski definition) is 2. The Labute approximate surface area is 282 Å². The molecule has 1 aliphatic carbocycles. The van der Waals surface area contributed by atoms with Gasteiger partial charge in [-0.05, 0) is 89.8 Å². The number of aryl methyl sites for hydroxylation is 1. The van der Waals surface area contributed by atoms with Crippen LogP contribution in [0, 0.1) is 5.92 Å². The standard InChI is InChI=1S/C35H58N2O8P2/c1-11-14-15-16-28-22-31(44-46(40,19-12-2)36-26(7)34(38)42-9)33(30-21-25(6)17-18-29(30)24(4)5)32(23-28)45-47(41,20-13-3)37-27(8)35(39)43-10/h21-23,26-27,29-30H,4,11-20H2,1-3,5-10H3,(H,36,40)(H,37,41)/t26-,27+,29?,30?,46?,47?. The first-order valence-electron chi connectivity index (χ1n) is 16.9. The number of carbonyl (C=O) groups excluding carboxylic acids is 2. The van der Waals surface area contributed by atoms with E-state index in [2.05, 4.69) is 36.7 Å². The molecule has 0 saturated heterocycles. The van der Waals surface area contributed by atoms with E-state index in [1.54, 1.807) is 13.8 Å². The highest BCUT2D eigenvalue weighted by Crippen LogP contribution is 2.55. The van der Waals surface area contributed by atoms with E-state index < -0.39 is 39.1 Å². The predicted octanol–water partition coefficient (Wildman–Crippen LogP) is 8.70. The summed E-state index contributed by atoms with van der Waals surface area (Å²) in [6.07, 6.45) is 8.94. The molecule has 0 aromatic heterocycles. The molecule has 2 N–H and O–H groups in total. The Hall–Kier alpha value is -2.38. The van der Waals surface area contributed by atoms with E-state index in [1.807, 2.05) is 32.9 Å². The summed E-state index contributed by atoms with van der Waals surface area (Å²) in [6, 6.07) is 2.07. The van der Waals surface area contributed by atoms with Crippen molar-refractivity contribution in [3.8, 4) is 11.5 Å². The molecule has 2 rings (SSSR count). The summed E-state index contributed by atoms with van der Waals surface area (Å²) >= 11 is 0. The SMILES string of the molecule is C=C(C)C1CCC(C)=CC1c1c(OP(=O)(CCC)N[C@@H](C)C(=O)OC)cc(CCCCC)cc1OP(=O)(CCC)N[C@H](C)C(=O)OC. The Morgan fingerprint density at radius 2 is 1.38 bits per heavy atom. The number of nitrogens with one attached hydrogen (secondary N) is 2. The lowest BCUT2D eigenvalue weighted by Gasteiger charge is -2.34. The van der Waals surface area contributed by atoms with Crippen molar-refractivity contribution in [1.82, 2.24) is 10.2 Å². The number of esters is 2. The summed E-state index contributed by atoms with van der Waals surface area (Å²) in [7, 11) is -4.77. The Bertz CT molecular complexity index is 1290. The molecule has 0 aliphatic heterocycles. The van der Waals surface area contributed by atoms with Crippen molar-refractivity contribution in [2.24, 2.45) is 5.92 Å². The maximum atomic E-state index is 14.5. The van der Waals surface area contributed by atoms with Gasteiger partial charge >= 0.3 is 27.0 Å². The van der Waals surface area contributed by atoms with Gasteiger partial charge in [-0.25, -0.2) is 10.2 Å². The molecule has 0 saturated carbocycles. The molecule has 266 valence electrons. The molecule has 0 bridgehead atoms. The molecule has 6 atom stereocenters. The molecule has 12 heteroatoms. The molecule has 1 aromatic rings. The number of unbranched alkanes of at least 4 members (excludes halogenated alkanes) is 2. The Balaban J connectivity index is 2.92. The minimum atomic E-state index is -3.67. The average Bonchev–Trinajstić information content (AvgIpc) is 2.99. The van der Waals surface area contributed by atoms with Crippen LogP contribution in [0.1, 0.15) is 110 Å². The summed E-state index contributed by atoms with van der Waals surface area (Å²) in [5.41, 5.74) is 3.65. The van der Waals surface area contributed by atoms with Gasteiger partial charge in [0.25, 0.3) is 0 Å². The van der Waals surface area contributed by atoms with E-state index in [4.69, 9.17) is 18.5 Å². The lowest BCUT2D eigenvalue weighted by atomic mass is 9.73. The molecule has 0 radical (unpaired) electrons. The summed E-state index contributed by atoms with van der Waals surface area (Å²) in [6.45, 7) is 17.5. The zero-order valence-corrected chi connectivity index (χ0v) is 31.8. The molecular formula is C35H58N2O8P2. The molecular weight excluding hydrogens is 638 g/mol. The molecule has 0 amide bonds. The van der Waals surface area contributed by atoms with Gasteiger partial charge in [-0.2, -0.15) is 0 Å². The fourth-order valence-electron chi connectivity index (χ4n) is 5.99.